The predicted octanol–water partition coefficient (Wildman–Crippen LogP) is 1.33. The Balaban J connectivity index is 3.29. The molecule has 0 aliphatic rings. The zero-order chi connectivity index (χ0) is 5.70. The number of ether oxygens (including phenoxy) is 1. The van der Waals surface area contributed by atoms with Gasteiger partial charge in [-0.1, -0.05) is 0 Å². The molecule has 0 fully saturated rings. The van der Waals surface area contributed by atoms with Crippen LogP contribution in [0.3, 0.4) is 0 Å². The first-order chi connectivity index (χ1) is 3.31. The minimum absolute atomic E-state index is 0.715. The van der Waals surface area contributed by atoms with Crippen LogP contribution in [-0.4, -0.2) is 19.3 Å². The molecule has 0 saturated heterocycles. The van der Waals surface area contributed by atoms with Crippen molar-refractivity contribution in [1.29, 1.82) is 0 Å². The van der Waals surface area contributed by atoms with Gasteiger partial charge in [0, 0.05) is 13.2 Å². The maximum Gasteiger partial charge on any atom is 0.191 e. The highest BCUT2D eigenvalue weighted by molar-refractivity contribution is 7.97. The van der Waals surface area contributed by atoms with Crippen molar-refractivity contribution in [3.05, 3.63) is 0 Å². The molecule has 0 heterocycles. The Kier molecular flexibility index (Phi) is 3.89. The summed E-state index contributed by atoms with van der Waals surface area (Å²) in [5.74, 6) is 0.715. The summed E-state index contributed by atoms with van der Waals surface area (Å²) >= 11 is 1.40. The van der Waals surface area contributed by atoms with Crippen molar-refractivity contribution in [3.8, 4) is 0 Å². The van der Waals surface area contributed by atoms with Crippen molar-refractivity contribution in [2.75, 3.05) is 13.4 Å². The molecular weight excluding hydrogens is 110 g/mol. The van der Waals surface area contributed by atoms with Crippen LogP contribution in [0.2, 0.25) is 0 Å². The Morgan fingerprint density at radius 1 is 1.71 bits per heavy atom. The van der Waals surface area contributed by atoms with Crippen molar-refractivity contribution < 1.29 is 4.74 Å². The molecule has 0 saturated carbocycles. The van der Waals surface area contributed by atoms with Crippen molar-refractivity contribution in [2.24, 2.45) is 4.40 Å². The summed E-state index contributed by atoms with van der Waals surface area (Å²) in [5, 5.41) is 0. The topological polar surface area (TPSA) is 21.6 Å². The molecule has 0 aromatic heterocycles. The van der Waals surface area contributed by atoms with E-state index in [0.717, 1.165) is 0 Å². The van der Waals surface area contributed by atoms with Gasteiger partial charge < -0.3 is 4.74 Å². The van der Waals surface area contributed by atoms with Gasteiger partial charge in [0.05, 0.1) is 7.11 Å². The van der Waals surface area contributed by atoms with Crippen LogP contribution in [0.1, 0.15) is 6.92 Å². The summed E-state index contributed by atoms with van der Waals surface area (Å²) in [7, 11) is 1.61. The third kappa shape index (κ3) is 3.66. The Bertz CT molecular complexity index is 72.1. The first-order valence-corrected chi connectivity index (χ1v) is 3.11. The second-order valence-corrected chi connectivity index (χ2v) is 1.54. The molecule has 2 nitrogen and oxygen atoms in total. The first kappa shape index (κ1) is 6.82. The molecule has 7 heavy (non-hydrogen) atoms. The van der Waals surface area contributed by atoms with Crippen LogP contribution in [0, 0.1) is 0 Å². The van der Waals surface area contributed by atoms with E-state index >= 15 is 0 Å². The molecule has 0 aliphatic heterocycles. The summed E-state index contributed by atoms with van der Waals surface area (Å²) in [6.07, 6.45) is 1.89. The number of hydrogen-bond acceptors (Lipinski definition) is 3. The Hall–Kier alpha value is -0.180. The summed E-state index contributed by atoms with van der Waals surface area (Å²) in [6.45, 7) is 1.82. The summed E-state index contributed by atoms with van der Waals surface area (Å²) in [4.78, 5) is 0. The highest BCUT2D eigenvalue weighted by Crippen LogP contribution is 1.93. The zero-order valence-electron chi connectivity index (χ0n) is 4.76. The molecule has 0 unspecified atom stereocenters. The maximum atomic E-state index is 4.72. The molecule has 0 radical (unpaired) electrons. The average molecular weight is 119 g/mol. The van der Waals surface area contributed by atoms with Gasteiger partial charge >= 0.3 is 0 Å². The lowest BCUT2D eigenvalue weighted by Crippen LogP contribution is -1.90. The number of nitrogens with zero attached hydrogens (tertiary/aromatic N) is 1. The molecule has 0 atom stereocenters. The molecule has 0 aromatic carbocycles. The first-order valence-electron chi connectivity index (χ1n) is 1.93. The fraction of sp³-hybridized carbons (Fsp3) is 0.750. The van der Waals surface area contributed by atoms with Crippen molar-refractivity contribution in [1.82, 2.24) is 0 Å². The van der Waals surface area contributed by atoms with Crippen LogP contribution in [0.25, 0.3) is 0 Å². The second kappa shape index (κ2) is 3.99. The van der Waals surface area contributed by atoms with Crippen LogP contribution < -0.4 is 0 Å². The van der Waals surface area contributed by atoms with E-state index in [9.17, 15) is 0 Å². The normalized spacial score (nSPS) is 11.6. The fourth-order valence-corrected chi connectivity index (χ4v) is 0.497. The van der Waals surface area contributed by atoms with Gasteiger partial charge in [-0.05, 0) is 11.9 Å². The second-order valence-electron chi connectivity index (χ2n) is 0.997. The summed E-state index contributed by atoms with van der Waals surface area (Å²) in [6, 6.07) is 0. The van der Waals surface area contributed by atoms with E-state index in [1.54, 1.807) is 7.11 Å². The van der Waals surface area contributed by atoms with Crippen LogP contribution >= 0.6 is 11.9 Å². The van der Waals surface area contributed by atoms with Gasteiger partial charge in [-0.15, -0.1) is 0 Å². The molecule has 0 aromatic rings. The number of hydrogen-bond donors (Lipinski definition) is 0. The molecule has 0 rings (SSSR count). The number of rotatable bonds is 1. The molecule has 42 valence electrons. The minimum Gasteiger partial charge on any atom is -0.484 e. The van der Waals surface area contributed by atoms with Crippen molar-refractivity contribution in [2.45, 2.75) is 6.92 Å². The van der Waals surface area contributed by atoms with Gasteiger partial charge in [0.2, 0.25) is 0 Å². The van der Waals surface area contributed by atoms with Crippen molar-refractivity contribution >= 4 is 17.8 Å². The Morgan fingerprint density at radius 2 is 2.29 bits per heavy atom. The van der Waals surface area contributed by atoms with E-state index in [4.69, 9.17) is 4.74 Å². The standard InChI is InChI=1S/C4H9NOS/c1-4(6-2)5-7-3/h1-3H3/b5-4+. The molecule has 0 aliphatic carbocycles. The van der Waals surface area contributed by atoms with Crippen molar-refractivity contribution in [3.63, 3.8) is 0 Å². The maximum absolute atomic E-state index is 4.72. The van der Waals surface area contributed by atoms with E-state index in [2.05, 4.69) is 4.40 Å². The van der Waals surface area contributed by atoms with Gasteiger partial charge in [0.1, 0.15) is 0 Å². The average Bonchev–Trinajstić information content (AvgIpc) is 1.68. The van der Waals surface area contributed by atoms with Gasteiger partial charge in [-0.3, -0.25) is 0 Å². The molecule has 0 amide bonds. The van der Waals surface area contributed by atoms with Gasteiger partial charge in [-0.2, -0.15) is 4.40 Å². The predicted molar refractivity (Wildman–Crippen MR) is 33.6 cm³/mol. The fourth-order valence-electron chi connectivity index (χ4n) is 0.166. The van der Waals surface area contributed by atoms with E-state index in [1.165, 1.54) is 11.9 Å². The molecule has 0 N–H and O–H groups in total. The lowest BCUT2D eigenvalue weighted by atomic mass is 10.8. The van der Waals surface area contributed by atoms with E-state index < -0.39 is 0 Å². The lowest BCUT2D eigenvalue weighted by molar-refractivity contribution is 0.401. The van der Waals surface area contributed by atoms with E-state index in [1.807, 2.05) is 13.2 Å². The highest BCUT2D eigenvalue weighted by atomic mass is 32.2. The molecule has 0 spiro atoms. The van der Waals surface area contributed by atoms with Gasteiger partial charge in [0.15, 0.2) is 5.90 Å². The minimum atomic E-state index is 0.715. The summed E-state index contributed by atoms with van der Waals surface area (Å²) in [5.41, 5.74) is 0. The SMILES string of the molecule is CO/C(C)=N/SC. The third-order valence-corrected chi connectivity index (χ3v) is 0.955. The molecule has 0 bridgehead atoms. The monoisotopic (exact) mass is 119 g/mol. The van der Waals surface area contributed by atoms with Gasteiger partial charge in [0.25, 0.3) is 0 Å². The Morgan fingerprint density at radius 3 is 2.43 bits per heavy atom. The Labute approximate surface area is 48.1 Å². The highest BCUT2D eigenvalue weighted by Gasteiger charge is 1.78. The lowest BCUT2D eigenvalue weighted by Gasteiger charge is -1.91. The van der Waals surface area contributed by atoms with Gasteiger partial charge in [-0.25, -0.2) is 0 Å². The van der Waals surface area contributed by atoms with Crippen LogP contribution in [0.4, 0.5) is 0 Å². The van der Waals surface area contributed by atoms with E-state index in [-0.39, 0.29) is 0 Å². The quantitative estimate of drug-likeness (QED) is 0.295. The summed E-state index contributed by atoms with van der Waals surface area (Å²) < 4.78 is 8.57. The van der Waals surface area contributed by atoms with Crippen LogP contribution in [0.15, 0.2) is 4.40 Å². The zero-order valence-corrected chi connectivity index (χ0v) is 5.58. The largest absolute Gasteiger partial charge is 0.484 e. The number of methoxy groups -OCH3 is 1. The third-order valence-electron chi connectivity index (χ3n) is 0.515. The van der Waals surface area contributed by atoms with E-state index in [0.29, 0.717) is 5.90 Å². The molecular formula is C4H9NOS. The molecule has 3 heteroatoms. The van der Waals surface area contributed by atoms with Crippen LogP contribution in [-0.2, 0) is 4.74 Å². The van der Waals surface area contributed by atoms with Crippen LogP contribution in [0.5, 0.6) is 0 Å². The smallest absolute Gasteiger partial charge is 0.191 e.